The molecule has 0 unspecified atom stereocenters. The van der Waals surface area contributed by atoms with E-state index in [0.29, 0.717) is 5.82 Å². The monoisotopic (exact) mass is 223 g/mol. The summed E-state index contributed by atoms with van der Waals surface area (Å²) in [6.07, 6.45) is 8.75. The Labute approximate surface area is 97.8 Å². The molecule has 0 aliphatic rings. The van der Waals surface area contributed by atoms with E-state index in [1.54, 1.807) is 35.5 Å². The normalized spacial score (nSPS) is 10.4. The molecule has 3 aromatic rings. The molecule has 0 aliphatic heterocycles. The van der Waals surface area contributed by atoms with Crippen LogP contribution in [-0.2, 0) is 0 Å². The predicted molar refractivity (Wildman–Crippen MR) is 62.4 cm³/mol. The van der Waals surface area contributed by atoms with Gasteiger partial charge in [-0.05, 0) is 24.3 Å². The molecule has 17 heavy (non-hydrogen) atoms. The molecule has 0 spiro atoms. The zero-order valence-electron chi connectivity index (χ0n) is 8.93. The highest BCUT2D eigenvalue weighted by Gasteiger charge is 2.05. The Morgan fingerprint density at radius 1 is 0.941 bits per heavy atom. The van der Waals surface area contributed by atoms with Gasteiger partial charge in [0.05, 0.1) is 11.9 Å². The van der Waals surface area contributed by atoms with Gasteiger partial charge in [0.2, 0.25) is 0 Å². The summed E-state index contributed by atoms with van der Waals surface area (Å²) in [5.41, 5.74) is 1.66. The second-order valence-electron chi connectivity index (χ2n) is 3.43. The minimum Gasteiger partial charge on any atom is -0.262 e. The fourth-order valence-electron chi connectivity index (χ4n) is 1.51. The van der Waals surface area contributed by atoms with E-state index in [-0.39, 0.29) is 0 Å². The molecular formula is C12H9N5. The summed E-state index contributed by atoms with van der Waals surface area (Å²) >= 11 is 0. The summed E-state index contributed by atoms with van der Waals surface area (Å²) in [5, 5.41) is 4.40. The van der Waals surface area contributed by atoms with Gasteiger partial charge in [0.25, 0.3) is 0 Å². The highest BCUT2D eigenvalue weighted by Crippen LogP contribution is 2.12. The second kappa shape index (κ2) is 4.13. The molecule has 0 aliphatic carbocycles. The number of aromatic nitrogens is 5. The summed E-state index contributed by atoms with van der Waals surface area (Å²) in [6, 6.07) is 7.47. The summed E-state index contributed by atoms with van der Waals surface area (Å²) in [6.45, 7) is 0. The fourth-order valence-corrected chi connectivity index (χ4v) is 1.51. The Balaban J connectivity index is 1.99. The van der Waals surface area contributed by atoms with Gasteiger partial charge in [0.15, 0.2) is 5.82 Å². The van der Waals surface area contributed by atoms with E-state index in [0.717, 1.165) is 11.4 Å². The molecule has 5 nitrogen and oxygen atoms in total. The first-order valence-corrected chi connectivity index (χ1v) is 5.17. The smallest absolute Gasteiger partial charge is 0.180 e. The molecule has 0 saturated heterocycles. The number of hydrogen-bond donors (Lipinski definition) is 0. The van der Waals surface area contributed by atoms with Gasteiger partial charge in [-0.15, -0.1) is 0 Å². The van der Waals surface area contributed by atoms with Crippen LogP contribution in [0.15, 0.2) is 55.2 Å². The Bertz CT molecular complexity index is 549. The van der Waals surface area contributed by atoms with Crippen molar-refractivity contribution in [1.82, 2.24) is 24.7 Å². The number of hydrogen-bond acceptors (Lipinski definition) is 4. The predicted octanol–water partition coefficient (Wildman–Crippen LogP) is 1.72. The van der Waals surface area contributed by atoms with E-state index in [9.17, 15) is 0 Å². The quantitative estimate of drug-likeness (QED) is 0.663. The van der Waals surface area contributed by atoms with E-state index in [2.05, 4.69) is 20.1 Å². The zero-order valence-corrected chi connectivity index (χ0v) is 8.93. The molecule has 0 bridgehead atoms. The highest BCUT2D eigenvalue weighted by atomic mass is 15.3. The van der Waals surface area contributed by atoms with Crippen LogP contribution in [0, 0.1) is 0 Å². The van der Waals surface area contributed by atoms with Gasteiger partial charge in [0, 0.05) is 24.8 Å². The first kappa shape index (κ1) is 9.65. The molecule has 5 heteroatoms. The molecule has 3 aromatic heterocycles. The lowest BCUT2D eigenvalue weighted by atomic mass is 10.4. The van der Waals surface area contributed by atoms with Crippen LogP contribution < -0.4 is 0 Å². The van der Waals surface area contributed by atoms with E-state index >= 15 is 0 Å². The SMILES string of the molecule is c1cnc(-c2ccn(-c3cccnc3)n2)nc1. The Hall–Kier alpha value is -2.56. The summed E-state index contributed by atoms with van der Waals surface area (Å²) in [4.78, 5) is 12.4. The molecular weight excluding hydrogens is 214 g/mol. The van der Waals surface area contributed by atoms with Crippen molar-refractivity contribution in [3.05, 3.63) is 55.2 Å². The van der Waals surface area contributed by atoms with Crippen LogP contribution in [0.5, 0.6) is 0 Å². The largest absolute Gasteiger partial charge is 0.262 e. The van der Waals surface area contributed by atoms with Crippen molar-refractivity contribution in [2.45, 2.75) is 0 Å². The minimum atomic E-state index is 0.621. The average Bonchev–Trinajstić information content (AvgIpc) is 2.90. The second-order valence-corrected chi connectivity index (χ2v) is 3.43. The molecule has 0 radical (unpaired) electrons. The van der Waals surface area contributed by atoms with Crippen LogP contribution in [0.2, 0.25) is 0 Å². The van der Waals surface area contributed by atoms with Crippen LogP contribution in [-0.4, -0.2) is 24.7 Å². The maximum atomic E-state index is 4.40. The summed E-state index contributed by atoms with van der Waals surface area (Å²) < 4.78 is 1.75. The van der Waals surface area contributed by atoms with Crippen LogP contribution in [0.3, 0.4) is 0 Å². The maximum absolute atomic E-state index is 4.40. The van der Waals surface area contributed by atoms with Crippen molar-refractivity contribution in [2.75, 3.05) is 0 Å². The summed E-state index contributed by atoms with van der Waals surface area (Å²) in [7, 11) is 0. The molecule has 0 amide bonds. The molecule has 0 aromatic carbocycles. The van der Waals surface area contributed by atoms with Crippen molar-refractivity contribution < 1.29 is 0 Å². The number of nitrogens with zero attached hydrogens (tertiary/aromatic N) is 5. The Kier molecular flexibility index (Phi) is 2.34. The van der Waals surface area contributed by atoms with Gasteiger partial charge in [0.1, 0.15) is 5.69 Å². The van der Waals surface area contributed by atoms with Crippen LogP contribution in [0.4, 0.5) is 0 Å². The highest BCUT2D eigenvalue weighted by molar-refractivity contribution is 5.48. The number of pyridine rings is 1. The van der Waals surface area contributed by atoms with Crippen molar-refractivity contribution in [1.29, 1.82) is 0 Å². The third kappa shape index (κ3) is 1.90. The first-order valence-electron chi connectivity index (χ1n) is 5.17. The van der Waals surface area contributed by atoms with Crippen molar-refractivity contribution in [2.24, 2.45) is 0 Å². The van der Waals surface area contributed by atoms with Gasteiger partial charge in [-0.1, -0.05) is 0 Å². The Morgan fingerprint density at radius 2 is 1.82 bits per heavy atom. The zero-order chi connectivity index (χ0) is 11.5. The van der Waals surface area contributed by atoms with Crippen molar-refractivity contribution in [3.63, 3.8) is 0 Å². The lowest BCUT2D eigenvalue weighted by Gasteiger charge is -1.98. The molecule has 0 saturated carbocycles. The standard InChI is InChI=1S/C12H9N5/c1-3-10(9-13-5-1)17-8-4-11(16-17)12-14-6-2-7-15-12/h1-9H. The fraction of sp³-hybridized carbons (Fsp3) is 0. The molecule has 0 fully saturated rings. The molecule has 0 atom stereocenters. The van der Waals surface area contributed by atoms with Crippen LogP contribution in [0.25, 0.3) is 17.2 Å². The van der Waals surface area contributed by atoms with Crippen molar-refractivity contribution >= 4 is 0 Å². The molecule has 3 heterocycles. The molecule has 3 rings (SSSR count). The van der Waals surface area contributed by atoms with Gasteiger partial charge < -0.3 is 0 Å². The van der Waals surface area contributed by atoms with Gasteiger partial charge in [-0.2, -0.15) is 5.10 Å². The average molecular weight is 223 g/mol. The minimum absolute atomic E-state index is 0.621. The van der Waals surface area contributed by atoms with E-state index in [4.69, 9.17) is 0 Å². The van der Waals surface area contributed by atoms with Gasteiger partial charge >= 0.3 is 0 Å². The first-order chi connectivity index (χ1) is 8.43. The maximum Gasteiger partial charge on any atom is 0.180 e. The van der Waals surface area contributed by atoms with Gasteiger partial charge in [-0.25, -0.2) is 14.6 Å². The van der Waals surface area contributed by atoms with E-state index in [1.165, 1.54) is 0 Å². The lowest BCUT2D eigenvalue weighted by Crippen LogP contribution is -1.96. The Morgan fingerprint density at radius 3 is 2.59 bits per heavy atom. The third-order valence-corrected chi connectivity index (χ3v) is 2.29. The lowest BCUT2D eigenvalue weighted by molar-refractivity contribution is 0.873. The topological polar surface area (TPSA) is 56.5 Å². The van der Waals surface area contributed by atoms with E-state index in [1.807, 2.05) is 24.4 Å². The van der Waals surface area contributed by atoms with Crippen molar-refractivity contribution in [3.8, 4) is 17.2 Å². The van der Waals surface area contributed by atoms with Crippen LogP contribution >= 0.6 is 0 Å². The summed E-state index contributed by atoms with van der Waals surface area (Å²) in [5.74, 6) is 0.621. The molecule has 0 N–H and O–H groups in total. The molecule has 82 valence electrons. The third-order valence-electron chi connectivity index (χ3n) is 2.29. The van der Waals surface area contributed by atoms with Gasteiger partial charge in [-0.3, -0.25) is 4.98 Å². The number of rotatable bonds is 2. The van der Waals surface area contributed by atoms with Crippen LogP contribution in [0.1, 0.15) is 0 Å². The van der Waals surface area contributed by atoms with E-state index < -0.39 is 0 Å².